The van der Waals surface area contributed by atoms with Gasteiger partial charge in [0.15, 0.2) is 0 Å². The molecule has 1 rings (SSSR count). The summed E-state index contributed by atoms with van der Waals surface area (Å²) >= 11 is 1.77. The summed E-state index contributed by atoms with van der Waals surface area (Å²) in [6, 6.07) is 9.29. The Bertz CT molecular complexity index is 289. The van der Waals surface area contributed by atoms with Crippen molar-refractivity contribution >= 4 is 11.8 Å². The summed E-state index contributed by atoms with van der Waals surface area (Å²) in [6.07, 6.45) is 4.74. The van der Waals surface area contributed by atoms with Gasteiger partial charge in [-0.15, -0.1) is 24.9 Å². The summed E-state index contributed by atoms with van der Waals surface area (Å²) in [5.41, 5.74) is 1.30. The lowest BCUT2D eigenvalue weighted by molar-refractivity contribution is 1.18. The van der Waals surface area contributed by atoms with Crippen LogP contribution in [-0.2, 0) is 6.42 Å². The number of allylic oxidation sites excluding steroid dienone is 1. The predicted octanol–water partition coefficient (Wildman–Crippen LogP) is 3.49. The lowest BCUT2D eigenvalue weighted by atomic mass is 10.1. The van der Waals surface area contributed by atoms with Crippen LogP contribution in [0.4, 0.5) is 0 Å². The lowest BCUT2D eigenvalue weighted by Crippen LogP contribution is -1.85. The molecule has 0 atom stereocenters. The van der Waals surface area contributed by atoms with Crippen LogP contribution in [0.1, 0.15) is 5.56 Å². The van der Waals surface area contributed by atoms with Crippen molar-refractivity contribution in [3.05, 3.63) is 55.1 Å². The monoisotopic (exact) mass is 189 g/mol. The predicted molar refractivity (Wildman–Crippen MR) is 60.1 cm³/mol. The Kier molecular flexibility index (Phi) is 4.41. The van der Waals surface area contributed by atoms with Gasteiger partial charge in [-0.3, -0.25) is 0 Å². The Morgan fingerprint density at radius 3 is 2.92 bits per heavy atom. The molecule has 0 aliphatic rings. The molecule has 0 nitrogen and oxygen atoms in total. The maximum Gasteiger partial charge on any atom is 0.0189 e. The molecule has 0 amide bonds. The second-order valence-electron chi connectivity index (χ2n) is 2.62. The molecule has 0 aromatic heterocycles. The van der Waals surface area contributed by atoms with E-state index in [2.05, 4.69) is 25.3 Å². The summed E-state index contributed by atoms with van der Waals surface area (Å²) < 4.78 is 0. The van der Waals surface area contributed by atoms with Crippen molar-refractivity contribution in [2.75, 3.05) is 5.75 Å². The van der Waals surface area contributed by atoms with Gasteiger partial charge in [0.1, 0.15) is 0 Å². The lowest BCUT2D eigenvalue weighted by Gasteiger charge is -2.04. The van der Waals surface area contributed by atoms with Crippen molar-refractivity contribution in [1.29, 1.82) is 0 Å². The SMILES string of the molecule is C=CCSc1[c]cccc1CC=C. The summed E-state index contributed by atoms with van der Waals surface area (Å²) in [5, 5.41) is 0. The fourth-order valence-corrected chi connectivity index (χ4v) is 1.82. The van der Waals surface area contributed by atoms with E-state index in [0.717, 1.165) is 12.2 Å². The van der Waals surface area contributed by atoms with Crippen LogP contribution >= 0.6 is 11.8 Å². The number of rotatable bonds is 5. The maximum absolute atomic E-state index is 3.73. The molecule has 0 saturated heterocycles. The van der Waals surface area contributed by atoms with Gasteiger partial charge in [-0.2, -0.15) is 0 Å². The molecule has 0 N–H and O–H groups in total. The summed E-state index contributed by atoms with van der Waals surface area (Å²) in [5.74, 6) is 0.935. The van der Waals surface area contributed by atoms with Crippen LogP contribution in [0.3, 0.4) is 0 Å². The van der Waals surface area contributed by atoms with E-state index in [-0.39, 0.29) is 0 Å². The highest BCUT2D eigenvalue weighted by Crippen LogP contribution is 2.22. The highest BCUT2D eigenvalue weighted by atomic mass is 32.2. The Morgan fingerprint density at radius 2 is 2.23 bits per heavy atom. The first-order valence-electron chi connectivity index (χ1n) is 4.22. The van der Waals surface area contributed by atoms with E-state index in [0.29, 0.717) is 0 Å². The van der Waals surface area contributed by atoms with Crippen molar-refractivity contribution in [2.45, 2.75) is 11.3 Å². The Labute approximate surface area is 84.4 Å². The Hall–Kier alpha value is -0.950. The van der Waals surface area contributed by atoms with Gasteiger partial charge in [-0.1, -0.05) is 30.4 Å². The van der Waals surface area contributed by atoms with Crippen LogP contribution in [0, 0.1) is 6.07 Å². The first-order valence-corrected chi connectivity index (χ1v) is 5.21. The second-order valence-corrected chi connectivity index (χ2v) is 3.65. The van der Waals surface area contributed by atoms with Gasteiger partial charge >= 0.3 is 0 Å². The third-order valence-electron chi connectivity index (χ3n) is 1.61. The summed E-state index contributed by atoms with van der Waals surface area (Å²) in [7, 11) is 0. The molecule has 0 fully saturated rings. The molecular formula is C12H13S. The smallest absolute Gasteiger partial charge is 0.0189 e. The van der Waals surface area contributed by atoms with Crippen LogP contribution < -0.4 is 0 Å². The van der Waals surface area contributed by atoms with Crippen LogP contribution in [0.5, 0.6) is 0 Å². The van der Waals surface area contributed by atoms with Crippen LogP contribution in [0.25, 0.3) is 0 Å². The quantitative estimate of drug-likeness (QED) is 0.504. The molecule has 0 aliphatic carbocycles. The molecule has 0 saturated carbocycles. The van der Waals surface area contributed by atoms with Crippen molar-refractivity contribution in [2.24, 2.45) is 0 Å². The molecular weight excluding hydrogens is 176 g/mol. The fourth-order valence-electron chi connectivity index (χ4n) is 1.05. The summed E-state index contributed by atoms with van der Waals surface area (Å²) in [4.78, 5) is 1.21. The van der Waals surface area contributed by atoms with E-state index in [1.807, 2.05) is 24.3 Å². The average Bonchev–Trinajstić information content (AvgIpc) is 2.17. The van der Waals surface area contributed by atoms with E-state index in [4.69, 9.17) is 0 Å². The largest absolute Gasteiger partial charge is 0.121 e. The van der Waals surface area contributed by atoms with Crippen molar-refractivity contribution < 1.29 is 0 Å². The van der Waals surface area contributed by atoms with Gasteiger partial charge in [-0.05, 0) is 18.1 Å². The van der Waals surface area contributed by atoms with Gasteiger partial charge in [0.05, 0.1) is 0 Å². The topological polar surface area (TPSA) is 0 Å². The molecule has 0 spiro atoms. The minimum Gasteiger partial charge on any atom is -0.121 e. The first kappa shape index (κ1) is 10.1. The normalized spacial score (nSPS) is 9.54. The summed E-state index contributed by atoms with van der Waals surface area (Å²) in [6.45, 7) is 7.43. The highest BCUT2D eigenvalue weighted by Gasteiger charge is 1.98. The maximum atomic E-state index is 3.73. The first-order chi connectivity index (χ1) is 6.38. The number of hydrogen-bond donors (Lipinski definition) is 0. The molecule has 0 aliphatic heterocycles. The molecule has 0 bridgehead atoms. The second kappa shape index (κ2) is 5.65. The third kappa shape index (κ3) is 3.11. The van der Waals surface area contributed by atoms with Crippen molar-refractivity contribution in [3.8, 4) is 0 Å². The molecule has 1 radical (unpaired) electrons. The van der Waals surface area contributed by atoms with Crippen LogP contribution in [0.15, 0.2) is 48.4 Å². The third-order valence-corrected chi connectivity index (χ3v) is 2.68. The van der Waals surface area contributed by atoms with Crippen LogP contribution in [0.2, 0.25) is 0 Å². The number of thioether (sulfide) groups is 1. The van der Waals surface area contributed by atoms with E-state index in [9.17, 15) is 0 Å². The minimum atomic E-state index is 0.914. The standard InChI is InChI=1S/C12H13S/c1-3-7-11-8-5-6-9-12(11)13-10-4-2/h3-6,8H,1-2,7,10H2. The van der Waals surface area contributed by atoms with Gasteiger partial charge < -0.3 is 0 Å². The Balaban J connectivity index is 2.77. The average molecular weight is 189 g/mol. The van der Waals surface area contributed by atoms with Gasteiger partial charge in [0.2, 0.25) is 0 Å². The highest BCUT2D eigenvalue weighted by molar-refractivity contribution is 7.99. The molecule has 1 aromatic rings. The van der Waals surface area contributed by atoms with E-state index < -0.39 is 0 Å². The minimum absolute atomic E-state index is 0.914. The van der Waals surface area contributed by atoms with Gasteiger partial charge in [0, 0.05) is 10.6 Å². The zero-order valence-electron chi connectivity index (χ0n) is 7.62. The van der Waals surface area contributed by atoms with E-state index >= 15 is 0 Å². The molecule has 1 aromatic carbocycles. The molecule has 1 heteroatoms. The number of benzene rings is 1. The zero-order chi connectivity index (χ0) is 9.52. The Morgan fingerprint density at radius 1 is 1.38 bits per heavy atom. The van der Waals surface area contributed by atoms with Crippen molar-refractivity contribution in [3.63, 3.8) is 0 Å². The van der Waals surface area contributed by atoms with Gasteiger partial charge in [-0.25, -0.2) is 0 Å². The molecule has 0 heterocycles. The van der Waals surface area contributed by atoms with Gasteiger partial charge in [0.25, 0.3) is 0 Å². The molecule has 13 heavy (non-hydrogen) atoms. The number of hydrogen-bond acceptors (Lipinski definition) is 1. The van der Waals surface area contributed by atoms with Crippen LogP contribution in [-0.4, -0.2) is 5.75 Å². The molecule has 0 unspecified atom stereocenters. The fraction of sp³-hybridized carbons (Fsp3) is 0.167. The van der Waals surface area contributed by atoms with E-state index in [1.54, 1.807) is 11.8 Å². The zero-order valence-corrected chi connectivity index (χ0v) is 8.44. The van der Waals surface area contributed by atoms with Crippen molar-refractivity contribution in [1.82, 2.24) is 0 Å². The van der Waals surface area contributed by atoms with E-state index in [1.165, 1.54) is 10.5 Å². The molecule has 67 valence electrons.